The second-order valence-electron chi connectivity index (χ2n) is 4.35. The molecule has 0 spiro atoms. The van der Waals surface area contributed by atoms with Gasteiger partial charge in [0.25, 0.3) is 5.91 Å². The molecule has 1 aromatic rings. The normalized spacial score (nSPS) is 10.3. The van der Waals surface area contributed by atoms with Gasteiger partial charge in [0, 0.05) is 19.3 Å². The van der Waals surface area contributed by atoms with Gasteiger partial charge in [0.15, 0.2) is 0 Å². The lowest BCUT2D eigenvalue weighted by atomic mass is 10.3. The van der Waals surface area contributed by atoms with Crippen molar-refractivity contribution in [3.05, 3.63) is 30.6 Å². The first-order valence-corrected chi connectivity index (χ1v) is 6.24. The monoisotopic (exact) mass is 263 g/mol. The Bertz CT molecular complexity index is 419. The summed E-state index contributed by atoms with van der Waals surface area (Å²) in [5.41, 5.74) is 0.367. The fourth-order valence-electron chi connectivity index (χ4n) is 1.42. The quantitative estimate of drug-likeness (QED) is 0.535. The highest BCUT2D eigenvalue weighted by Crippen LogP contribution is 2.00. The Morgan fingerprint density at radius 1 is 1.53 bits per heavy atom. The van der Waals surface area contributed by atoms with E-state index >= 15 is 0 Å². The van der Waals surface area contributed by atoms with Crippen LogP contribution in [0, 0.1) is 0 Å². The van der Waals surface area contributed by atoms with Gasteiger partial charge in [0.2, 0.25) is 5.95 Å². The lowest BCUT2D eigenvalue weighted by Crippen LogP contribution is -2.28. The Morgan fingerprint density at radius 3 is 3.00 bits per heavy atom. The second-order valence-corrected chi connectivity index (χ2v) is 4.35. The summed E-state index contributed by atoms with van der Waals surface area (Å²) in [6.45, 7) is 5.74. The van der Waals surface area contributed by atoms with Crippen LogP contribution in [0.4, 0.5) is 5.95 Å². The molecule has 0 atom stereocenters. The summed E-state index contributed by atoms with van der Waals surface area (Å²) in [7, 11) is 4.01. The first-order chi connectivity index (χ1) is 9.13. The summed E-state index contributed by atoms with van der Waals surface area (Å²) in [6.07, 6.45) is 4.18. The van der Waals surface area contributed by atoms with E-state index in [9.17, 15) is 4.79 Å². The third-order valence-corrected chi connectivity index (χ3v) is 2.36. The largest absolute Gasteiger partial charge is 0.351 e. The third kappa shape index (κ3) is 5.96. The SMILES string of the molecule is C=CCNc1nccc(C(=O)NCCCN(C)C)n1. The van der Waals surface area contributed by atoms with Gasteiger partial charge in [-0.25, -0.2) is 9.97 Å². The Hall–Kier alpha value is -1.95. The zero-order chi connectivity index (χ0) is 14.1. The predicted octanol–water partition coefficient (Wildman–Crippen LogP) is 0.756. The maximum atomic E-state index is 11.9. The van der Waals surface area contributed by atoms with Gasteiger partial charge in [-0.15, -0.1) is 6.58 Å². The van der Waals surface area contributed by atoms with Gasteiger partial charge in [-0.2, -0.15) is 0 Å². The number of hydrogen-bond donors (Lipinski definition) is 2. The molecule has 0 bridgehead atoms. The molecule has 6 heteroatoms. The van der Waals surface area contributed by atoms with Crippen molar-refractivity contribution < 1.29 is 4.79 Å². The number of nitrogens with one attached hydrogen (secondary N) is 2. The zero-order valence-electron chi connectivity index (χ0n) is 11.5. The second kappa shape index (κ2) is 8.20. The Labute approximate surface area is 113 Å². The number of aromatic nitrogens is 2. The molecule has 0 unspecified atom stereocenters. The van der Waals surface area contributed by atoms with Crippen LogP contribution in [0.25, 0.3) is 0 Å². The smallest absolute Gasteiger partial charge is 0.270 e. The van der Waals surface area contributed by atoms with E-state index in [0.717, 1.165) is 13.0 Å². The van der Waals surface area contributed by atoms with Crippen LogP contribution in [0.5, 0.6) is 0 Å². The number of hydrogen-bond acceptors (Lipinski definition) is 5. The average Bonchev–Trinajstić information content (AvgIpc) is 2.41. The molecule has 1 amide bonds. The molecule has 0 saturated heterocycles. The van der Waals surface area contributed by atoms with Crippen LogP contribution in [0.2, 0.25) is 0 Å². The molecule has 0 aromatic carbocycles. The van der Waals surface area contributed by atoms with E-state index in [1.54, 1.807) is 18.3 Å². The molecule has 0 aliphatic rings. The van der Waals surface area contributed by atoms with Crippen molar-refractivity contribution in [2.75, 3.05) is 39.0 Å². The highest BCUT2D eigenvalue weighted by atomic mass is 16.1. The van der Waals surface area contributed by atoms with Gasteiger partial charge in [0.1, 0.15) is 5.69 Å². The molecule has 1 rings (SSSR count). The predicted molar refractivity (Wildman–Crippen MR) is 76.2 cm³/mol. The minimum absolute atomic E-state index is 0.178. The summed E-state index contributed by atoms with van der Waals surface area (Å²) >= 11 is 0. The molecule has 0 radical (unpaired) electrons. The van der Waals surface area contributed by atoms with E-state index < -0.39 is 0 Å². The van der Waals surface area contributed by atoms with Gasteiger partial charge in [-0.05, 0) is 33.1 Å². The summed E-state index contributed by atoms with van der Waals surface area (Å²) < 4.78 is 0. The van der Waals surface area contributed by atoms with Gasteiger partial charge >= 0.3 is 0 Å². The molecule has 6 nitrogen and oxygen atoms in total. The number of anilines is 1. The highest BCUT2D eigenvalue weighted by Gasteiger charge is 2.07. The van der Waals surface area contributed by atoms with E-state index in [1.807, 2.05) is 14.1 Å². The van der Waals surface area contributed by atoms with Crippen molar-refractivity contribution >= 4 is 11.9 Å². The van der Waals surface area contributed by atoms with Crippen molar-refractivity contribution in [3.8, 4) is 0 Å². The molecule has 0 aliphatic carbocycles. The summed E-state index contributed by atoms with van der Waals surface area (Å²) in [5.74, 6) is 0.253. The van der Waals surface area contributed by atoms with Crippen molar-refractivity contribution in [2.45, 2.75) is 6.42 Å². The van der Waals surface area contributed by atoms with E-state index in [0.29, 0.717) is 24.7 Å². The summed E-state index contributed by atoms with van der Waals surface area (Å²) in [6, 6.07) is 1.60. The van der Waals surface area contributed by atoms with Crippen molar-refractivity contribution in [2.24, 2.45) is 0 Å². The lowest BCUT2D eigenvalue weighted by Gasteiger charge is -2.10. The first kappa shape index (κ1) is 15.1. The Morgan fingerprint density at radius 2 is 2.32 bits per heavy atom. The molecule has 1 heterocycles. The standard InChI is InChI=1S/C13H21N5O/c1-4-7-15-13-16-9-6-11(17-13)12(19)14-8-5-10-18(2)3/h4,6,9H,1,5,7-8,10H2,2-3H3,(H,14,19)(H,15,16,17). The summed E-state index contributed by atoms with van der Waals surface area (Å²) in [4.78, 5) is 22.1. The number of nitrogens with zero attached hydrogens (tertiary/aromatic N) is 3. The molecule has 0 fully saturated rings. The van der Waals surface area contributed by atoms with Gasteiger partial charge in [0.05, 0.1) is 0 Å². The molecule has 19 heavy (non-hydrogen) atoms. The third-order valence-electron chi connectivity index (χ3n) is 2.36. The van der Waals surface area contributed by atoms with E-state index in [1.165, 1.54) is 0 Å². The van der Waals surface area contributed by atoms with Crippen molar-refractivity contribution in [3.63, 3.8) is 0 Å². The molecule has 0 aliphatic heterocycles. The van der Waals surface area contributed by atoms with Gasteiger partial charge in [-0.1, -0.05) is 6.08 Å². The van der Waals surface area contributed by atoms with Crippen LogP contribution >= 0.6 is 0 Å². The number of rotatable bonds is 8. The Kier molecular flexibility index (Phi) is 6.52. The fraction of sp³-hybridized carbons (Fsp3) is 0.462. The zero-order valence-corrected chi connectivity index (χ0v) is 11.5. The maximum absolute atomic E-state index is 11.9. The van der Waals surface area contributed by atoms with Crippen LogP contribution in [0.1, 0.15) is 16.9 Å². The van der Waals surface area contributed by atoms with E-state index in [-0.39, 0.29) is 5.91 Å². The van der Waals surface area contributed by atoms with Gasteiger partial charge < -0.3 is 15.5 Å². The van der Waals surface area contributed by atoms with Crippen LogP contribution in [0.3, 0.4) is 0 Å². The molecule has 1 aromatic heterocycles. The molecular formula is C13H21N5O. The maximum Gasteiger partial charge on any atom is 0.270 e. The fourth-order valence-corrected chi connectivity index (χ4v) is 1.42. The topological polar surface area (TPSA) is 70.2 Å². The van der Waals surface area contributed by atoms with Crippen LogP contribution in [0.15, 0.2) is 24.9 Å². The molecule has 2 N–H and O–H groups in total. The van der Waals surface area contributed by atoms with E-state index in [2.05, 4.69) is 32.1 Å². The Balaban J connectivity index is 2.45. The van der Waals surface area contributed by atoms with Crippen LogP contribution in [-0.4, -0.2) is 54.5 Å². The highest BCUT2D eigenvalue weighted by molar-refractivity contribution is 5.92. The van der Waals surface area contributed by atoms with Crippen LogP contribution in [-0.2, 0) is 0 Å². The molecule has 0 saturated carbocycles. The number of carbonyl (C=O) groups excluding carboxylic acids is 1. The van der Waals surface area contributed by atoms with Crippen molar-refractivity contribution in [1.29, 1.82) is 0 Å². The van der Waals surface area contributed by atoms with Crippen molar-refractivity contribution in [1.82, 2.24) is 20.2 Å². The minimum atomic E-state index is -0.178. The molecule has 104 valence electrons. The summed E-state index contributed by atoms with van der Waals surface area (Å²) in [5, 5.41) is 5.78. The minimum Gasteiger partial charge on any atom is -0.351 e. The average molecular weight is 263 g/mol. The van der Waals surface area contributed by atoms with Gasteiger partial charge in [-0.3, -0.25) is 4.79 Å². The first-order valence-electron chi connectivity index (χ1n) is 6.24. The molecular weight excluding hydrogens is 242 g/mol. The lowest BCUT2D eigenvalue weighted by molar-refractivity contribution is 0.0947. The number of carbonyl (C=O) groups is 1. The number of amides is 1. The van der Waals surface area contributed by atoms with E-state index in [4.69, 9.17) is 0 Å². The van der Waals surface area contributed by atoms with Crippen LogP contribution < -0.4 is 10.6 Å².